The summed E-state index contributed by atoms with van der Waals surface area (Å²) in [4.78, 5) is 2.89. The summed E-state index contributed by atoms with van der Waals surface area (Å²) in [6.07, 6.45) is 3.08. The summed E-state index contributed by atoms with van der Waals surface area (Å²) in [7, 11) is -4.31. The molecule has 1 aromatic heterocycles. The standard InChI is InChI=1S/C17H24ClF2N5O3S2/c18-12-7-15(30(27,28)25-17-24-9-16(20)29-17)13(19)8-14(12)23-6-2-1-5-22-11(10-26)3-4-21/h7-9,11,22-23,26H,1-6,10,21H2,(H,24,25)/t11-/m0/s1. The van der Waals surface area contributed by atoms with E-state index in [0.29, 0.717) is 37.4 Å². The minimum Gasteiger partial charge on any atom is -0.395 e. The summed E-state index contributed by atoms with van der Waals surface area (Å²) >= 11 is 6.59. The Hall–Kier alpha value is -1.57. The quantitative estimate of drug-likeness (QED) is 0.276. The number of hydrogen-bond donors (Lipinski definition) is 5. The van der Waals surface area contributed by atoms with Crippen LogP contribution in [0.3, 0.4) is 0 Å². The van der Waals surface area contributed by atoms with Gasteiger partial charge in [0.25, 0.3) is 10.0 Å². The zero-order chi connectivity index (χ0) is 22.1. The van der Waals surface area contributed by atoms with Crippen LogP contribution in [0.15, 0.2) is 23.2 Å². The number of hydrogen-bond acceptors (Lipinski definition) is 8. The molecular weight excluding hydrogens is 460 g/mol. The lowest BCUT2D eigenvalue weighted by atomic mass is 10.2. The molecule has 0 unspecified atom stereocenters. The summed E-state index contributed by atoms with van der Waals surface area (Å²) in [6, 6.07) is 1.96. The lowest BCUT2D eigenvalue weighted by Crippen LogP contribution is -2.35. The van der Waals surface area contributed by atoms with E-state index < -0.39 is 25.9 Å². The van der Waals surface area contributed by atoms with Crippen molar-refractivity contribution in [3.63, 3.8) is 0 Å². The number of aliphatic hydroxyl groups is 1. The smallest absolute Gasteiger partial charge is 0.266 e. The molecule has 8 nitrogen and oxygen atoms in total. The highest BCUT2D eigenvalue weighted by molar-refractivity contribution is 7.93. The molecule has 1 atom stereocenters. The van der Waals surface area contributed by atoms with E-state index in [9.17, 15) is 22.3 Å². The third-order valence-corrected chi connectivity index (χ3v) is 6.59. The molecule has 2 rings (SSSR count). The van der Waals surface area contributed by atoms with Gasteiger partial charge in [-0.1, -0.05) is 22.9 Å². The molecule has 1 aromatic carbocycles. The van der Waals surface area contributed by atoms with Gasteiger partial charge in [0.2, 0.25) is 0 Å². The van der Waals surface area contributed by atoms with Crippen LogP contribution in [0.4, 0.5) is 19.6 Å². The number of aromatic nitrogens is 1. The van der Waals surface area contributed by atoms with E-state index in [1.165, 1.54) is 0 Å². The first-order chi connectivity index (χ1) is 14.3. The van der Waals surface area contributed by atoms with Crippen LogP contribution in [0.5, 0.6) is 0 Å². The number of halogens is 3. The van der Waals surface area contributed by atoms with Gasteiger partial charge in [-0.25, -0.2) is 17.8 Å². The molecule has 0 bridgehead atoms. The fourth-order valence-corrected chi connectivity index (χ4v) is 4.75. The van der Waals surface area contributed by atoms with Crippen LogP contribution >= 0.6 is 22.9 Å². The topological polar surface area (TPSA) is 129 Å². The monoisotopic (exact) mass is 483 g/mol. The maximum absolute atomic E-state index is 14.4. The van der Waals surface area contributed by atoms with E-state index in [0.717, 1.165) is 31.2 Å². The minimum absolute atomic E-state index is 0.0198. The second kappa shape index (κ2) is 11.7. The van der Waals surface area contributed by atoms with Crippen molar-refractivity contribution in [2.45, 2.75) is 30.2 Å². The zero-order valence-corrected chi connectivity index (χ0v) is 18.4. The molecule has 168 valence electrons. The summed E-state index contributed by atoms with van der Waals surface area (Å²) in [5, 5.41) is 14.5. The first kappa shape index (κ1) is 24.7. The van der Waals surface area contributed by atoms with Gasteiger partial charge in [-0.3, -0.25) is 4.72 Å². The Kier molecular flexibility index (Phi) is 9.65. The number of nitrogens with two attached hydrogens (primary N) is 1. The van der Waals surface area contributed by atoms with Gasteiger partial charge in [-0.15, -0.1) is 0 Å². The van der Waals surface area contributed by atoms with Crippen LogP contribution in [0.2, 0.25) is 5.02 Å². The number of rotatable bonds is 13. The van der Waals surface area contributed by atoms with E-state index in [4.69, 9.17) is 17.3 Å². The number of aliphatic hydroxyl groups excluding tert-OH is 1. The number of unbranched alkanes of at least 4 members (excludes halogenated alkanes) is 1. The third kappa shape index (κ3) is 7.29. The van der Waals surface area contributed by atoms with Gasteiger partial charge in [0.05, 0.1) is 23.5 Å². The molecule has 0 spiro atoms. The lowest BCUT2D eigenvalue weighted by molar-refractivity contribution is 0.237. The molecule has 0 fully saturated rings. The van der Waals surface area contributed by atoms with Crippen molar-refractivity contribution in [2.24, 2.45) is 5.73 Å². The van der Waals surface area contributed by atoms with Gasteiger partial charge in [0.1, 0.15) is 10.7 Å². The molecule has 0 aliphatic rings. The predicted octanol–water partition coefficient (Wildman–Crippen LogP) is 2.37. The molecule has 13 heteroatoms. The van der Waals surface area contributed by atoms with Crippen molar-refractivity contribution < 1.29 is 22.3 Å². The summed E-state index contributed by atoms with van der Waals surface area (Å²) in [5.41, 5.74) is 5.72. The SMILES string of the molecule is NCC[C@@H](CO)NCCCCNc1cc(F)c(S(=O)(=O)Nc2ncc(F)s2)cc1Cl. The molecule has 0 radical (unpaired) electrons. The predicted molar refractivity (Wildman–Crippen MR) is 115 cm³/mol. The Bertz CT molecular complexity index is 930. The van der Waals surface area contributed by atoms with Gasteiger partial charge < -0.3 is 21.5 Å². The van der Waals surface area contributed by atoms with Crippen molar-refractivity contribution >= 4 is 43.8 Å². The molecule has 30 heavy (non-hydrogen) atoms. The first-order valence-electron chi connectivity index (χ1n) is 9.18. The highest BCUT2D eigenvalue weighted by atomic mass is 35.5. The third-order valence-electron chi connectivity index (χ3n) is 4.10. The lowest BCUT2D eigenvalue weighted by Gasteiger charge is -2.15. The van der Waals surface area contributed by atoms with Crippen LogP contribution in [0.25, 0.3) is 0 Å². The van der Waals surface area contributed by atoms with Gasteiger partial charge in [-0.05, 0) is 44.5 Å². The Labute approximate surface area is 182 Å². The van der Waals surface area contributed by atoms with E-state index in [-0.39, 0.29) is 28.5 Å². The van der Waals surface area contributed by atoms with Crippen LogP contribution in [-0.4, -0.2) is 50.8 Å². The maximum atomic E-state index is 14.4. The van der Waals surface area contributed by atoms with Crippen molar-refractivity contribution in [1.29, 1.82) is 0 Å². The number of anilines is 2. The van der Waals surface area contributed by atoms with Gasteiger partial charge in [0.15, 0.2) is 10.3 Å². The highest BCUT2D eigenvalue weighted by Crippen LogP contribution is 2.29. The van der Waals surface area contributed by atoms with Crippen LogP contribution in [-0.2, 0) is 10.0 Å². The maximum Gasteiger partial charge on any atom is 0.266 e. The second-order valence-electron chi connectivity index (χ2n) is 6.38. The number of thiazole rings is 1. The summed E-state index contributed by atoms with van der Waals surface area (Å²) < 4.78 is 54.1. The van der Waals surface area contributed by atoms with Crippen molar-refractivity contribution in [3.8, 4) is 0 Å². The summed E-state index contributed by atoms with van der Waals surface area (Å²) in [5.74, 6) is -0.999. The zero-order valence-electron chi connectivity index (χ0n) is 16.0. The van der Waals surface area contributed by atoms with Crippen molar-refractivity contribution in [3.05, 3.63) is 34.3 Å². The van der Waals surface area contributed by atoms with Crippen molar-refractivity contribution in [1.82, 2.24) is 10.3 Å². The van der Waals surface area contributed by atoms with Gasteiger partial charge in [0, 0.05) is 12.6 Å². The Morgan fingerprint density at radius 1 is 1.27 bits per heavy atom. The van der Waals surface area contributed by atoms with Crippen molar-refractivity contribution in [2.75, 3.05) is 36.3 Å². The Morgan fingerprint density at radius 3 is 2.63 bits per heavy atom. The molecular formula is C17H24ClF2N5O3S2. The van der Waals surface area contributed by atoms with Crippen LogP contribution in [0.1, 0.15) is 19.3 Å². The molecule has 0 amide bonds. The number of nitrogens with one attached hydrogen (secondary N) is 3. The molecule has 0 saturated carbocycles. The number of sulfonamides is 1. The molecule has 0 saturated heterocycles. The van der Waals surface area contributed by atoms with E-state index >= 15 is 0 Å². The largest absolute Gasteiger partial charge is 0.395 e. The molecule has 2 aromatic rings. The number of nitrogens with zero attached hydrogens (tertiary/aromatic N) is 1. The fourth-order valence-electron chi connectivity index (χ4n) is 2.58. The van der Waals surface area contributed by atoms with Gasteiger partial charge >= 0.3 is 0 Å². The Morgan fingerprint density at radius 2 is 2.00 bits per heavy atom. The van der Waals surface area contributed by atoms with E-state index in [1.54, 1.807) is 0 Å². The fraction of sp³-hybridized carbons (Fsp3) is 0.471. The van der Waals surface area contributed by atoms with Crippen LogP contribution < -0.4 is 21.1 Å². The van der Waals surface area contributed by atoms with Gasteiger partial charge in [-0.2, -0.15) is 4.39 Å². The average Bonchev–Trinajstić information content (AvgIpc) is 3.09. The molecule has 1 heterocycles. The highest BCUT2D eigenvalue weighted by Gasteiger charge is 2.23. The Balaban J connectivity index is 1.90. The summed E-state index contributed by atoms with van der Waals surface area (Å²) in [6.45, 7) is 1.69. The number of benzene rings is 1. The molecule has 0 aliphatic heterocycles. The van der Waals surface area contributed by atoms with E-state index in [2.05, 4.69) is 15.6 Å². The first-order valence-corrected chi connectivity index (χ1v) is 11.9. The average molecular weight is 484 g/mol. The van der Waals surface area contributed by atoms with E-state index in [1.807, 2.05) is 4.72 Å². The molecule has 6 N–H and O–H groups in total. The van der Waals surface area contributed by atoms with Crippen LogP contribution in [0, 0.1) is 10.9 Å². The second-order valence-corrected chi connectivity index (χ2v) is 9.42. The minimum atomic E-state index is -4.31. The molecule has 0 aliphatic carbocycles. The normalized spacial score (nSPS) is 12.7.